The average Bonchev–Trinajstić information content (AvgIpc) is 2.53. The summed E-state index contributed by atoms with van der Waals surface area (Å²) in [5.74, 6) is 0.299. The first-order valence-corrected chi connectivity index (χ1v) is 5.47. The third-order valence-electron chi connectivity index (χ3n) is 3.39. The molecule has 0 saturated carbocycles. The Hall–Kier alpha value is -0.340. The summed E-state index contributed by atoms with van der Waals surface area (Å²) in [5, 5.41) is 0. The van der Waals surface area contributed by atoms with E-state index in [1.54, 1.807) is 0 Å². The third kappa shape index (κ3) is 1.86. The molecule has 1 spiro atoms. The van der Waals surface area contributed by atoms with Gasteiger partial charge in [-0.25, -0.2) is 0 Å². The van der Waals surface area contributed by atoms with E-state index in [-0.39, 0.29) is 5.79 Å². The maximum absolute atomic E-state index is 5.86. The summed E-state index contributed by atoms with van der Waals surface area (Å²) in [6.45, 7) is 8.38. The van der Waals surface area contributed by atoms with Gasteiger partial charge >= 0.3 is 0 Å². The molecule has 2 rings (SSSR count). The molecular formula is C12H20O2. The minimum absolute atomic E-state index is 0.351. The summed E-state index contributed by atoms with van der Waals surface area (Å²) in [4.78, 5) is 0. The molecule has 0 aromatic rings. The van der Waals surface area contributed by atoms with E-state index >= 15 is 0 Å². The number of ether oxygens (including phenoxy) is 2. The van der Waals surface area contributed by atoms with E-state index in [0.29, 0.717) is 17.9 Å². The number of hydrogen-bond acceptors (Lipinski definition) is 2. The van der Waals surface area contributed by atoms with Crippen LogP contribution in [0.3, 0.4) is 0 Å². The molecule has 0 aromatic heterocycles. The Morgan fingerprint density at radius 2 is 2.07 bits per heavy atom. The molecule has 2 atom stereocenters. The van der Waals surface area contributed by atoms with Crippen LogP contribution in [0.5, 0.6) is 0 Å². The molecule has 80 valence electrons. The maximum atomic E-state index is 5.86. The molecule has 2 heterocycles. The molecule has 0 amide bonds. The second-order valence-electron chi connectivity index (χ2n) is 5.44. The molecule has 2 heteroatoms. The first-order chi connectivity index (χ1) is 6.52. The van der Waals surface area contributed by atoms with Gasteiger partial charge in [0, 0.05) is 6.42 Å². The Balaban J connectivity index is 1.95. The lowest BCUT2D eigenvalue weighted by Crippen LogP contribution is -2.41. The van der Waals surface area contributed by atoms with Crippen LogP contribution in [0.25, 0.3) is 0 Å². The van der Waals surface area contributed by atoms with Crippen LogP contribution < -0.4 is 0 Å². The Kier molecular flexibility index (Phi) is 2.44. The van der Waals surface area contributed by atoms with E-state index in [4.69, 9.17) is 9.47 Å². The van der Waals surface area contributed by atoms with Gasteiger partial charge in [0.2, 0.25) is 0 Å². The van der Waals surface area contributed by atoms with E-state index < -0.39 is 0 Å². The van der Waals surface area contributed by atoms with E-state index in [1.165, 1.54) is 6.42 Å². The summed E-state index contributed by atoms with van der Waals surface area (Å²) < 4.78 is 11.5. The van der Waals surface area contributed by atoms with Gasteiger partial charge in [-0.15, -0.1) is 0 Å². The lowest BCUT2D eigenvalue weighted by molar-refractivity contribution is -0.227. The van der Waals surface area contributed by atoms with Gasteiger partial charge in [-0.1, -0.05) is 26.8 Å². The zero-order valence-electron chi connectivity index (χ0n) is 9.38. The summed E-state index contributed by atoms with van der Waals surface area (Å²) >= 11 is 0. The molecule has 2 nitrogen and oxygen atoms in total. The highest BCUT2D eigenvalue weighted by Gasteiger charge is 2.40. The molecule has 0 unspecified atom stereocenters. The standard InChI is InChI=1S/C12H20O2/c1-11(2,3)10-5-7-12(14-9-10)6-4-8-13-12/h4,6,10H,5,7-9H2,1-3H3/t10-,12+/m1/s1. The van der Waals surface area contributed by atoms with Crippen LogP contribution in [0.15, 0.2) is 12.2 Å². The smallest absolute Gasteiger partial charge is 0.188 e. The van der Waals surface area contributed by atoms with Crippen LogP contribution in [0.4, 0.5) is 0 Å². The molecule has 1 fully saturated rings. The Labute approximate surface area is 86.3 Å². The lowest BCUT2D eigenvalue weighted by Gasteiger charge is -2.40. The van der Waals surface area contributed by atoms with Crippen molar-refractivity contribution in [1.82, 2.24) is 0 Å². The fraction of sp³-hybridized carbons (Fsp3) is 0.833. The molecule has 0 radical (unpaired) electrons. The van der Waals surface area contributed by atoms with E-state index in [2.05, 4.69) is 32.9 Å². The van der Waals surface area contributed by atoms with Gasteiger partial charge in [0.25, 0.3) is 0 Å². The predicted octanol–water partition coefficient (Wildman–Crippen LogP) is 2.74. The summed E-state index contributed by atoms with van der Waals surface area (Å²) in [7, 11) is 0. The molecule has 14 heavy (non-hydrogen) atoms. The SMILES string of the molecule is CC(C)(C)[C@@H]1CC[C@]2(C=CCO2)OC1. The Morgan fingerprint density at radius 1 is 1.29 bits per heavy atom. The topological polar surface area (TPSA) is 18.5 Å². The molecular weight excluding hydrogens is 176 g/mol. The third-order valence-corrected chi connectivity index (χ3v) is 3.39. The molecule has 2 aliphatic rings. The van der Waals surface area contributed by atoms with Crippen molar-refractivity contribution in [3.05, 3.63) is 12.2 Å². The Bertz CT molecular complexity index is 229. The zero-order chi connectivity index (χ0) is 10.2. The highest BCUT2D eigenvalue weighted by atomic mass is 16.7. The molecule has 0 aromatic carbocycles. The normalized spacial score (nSPS) is 38.1. The zero-order valence-corrected chi connectivity index (χ0v) is 9.38. The van der Waals surface area contributed by atoms with Crippen molar-refractivity contribution in [3.63, 3.8) is 0 Å². The summed E-state index contributed by atoms with van der Waals surface area (Å²) in [5.41, 5.74) is 0.351. The van der Waals surface area contributed by atoms with Gasteiger partial charge < -0.3 is 9.47 Å². The Morgan fingerprint density at radius 3 is 2.50 bits per heavy atom. The van der Waals surface area contributed by atoms with E-state index in [9.17, 15) is 0 Å². The summed E-state index contributed by atoms with van der Waals surface area (Å²) in [6.07, 6.45) is 6.34. The van der Waals surface area contributed by atoms with E-state index in [0.717, 1.165) is 13.0 Å². The van der Waals surface area contributed by atoms with Gasteiger partial charge in [-0.3, -0.25) is 0 Å². The predicted molar refractivity (Wildman–Crippen MR) is 56.0 cm³/mol. The van der Waals surface area contributed by atoms with Gasteiger partial charge in [0.05, 0.1) is 13.2 Å². The van der Waals surface area contributed by atoms with Crippen LogP contribution >= 0.6 is 0 Å². The number of rotatable bonds is 0. The van der Waals surface area contributed by atoms with Crippen LogP contribution in [0.2, 0.25) is 0 Å². The second kappa shape index (κ2) is 3.35. The van der Waals surface area contributed by atoms with E-state index in [1.807, 2.05) is 0 Å². The minimum atomic E-state index is -0.359. The van der Waals surface area contributed by atoms with Gasteiger partial charge in [0.15, 0.2) is 5.79 Å². The average molecular weight is 196 g/mol. The fourth-order valence-electron chi connectivity index (χ4n) is 2.17. The number of hydrogen-bond donors (Lipinski definition) is 0. The van der Waals surface area contributed by atoms with Crippen LogP contribution in [0, 0.1) is 11.3 Å². The van der Waals surface area contributed by atoms with Gasteiger partial charge in [-0.2, -0.15) is 0 Å². The first kappa shape index (κ1) is 10.2. The second-order valence-corrected chi connectivity index (χ2v) is 5.44. The van der Waals surface area contributed by atoms with Crippen LogP contribution in [-0.4, -0.2) is 19.0 Å². The van der Waals surface area contributed by atoms with Crippen LogP contribution in [0.1, 0.15) is 33.6 Å². The lowest BCUT2D eigenvalue weighted by atomic mass is 9.76. The van der Waals surface area contributed by atoms with Crippen molar-refractivity contribution in [3.8, 4) is 0 Å². The molecule has 0 aliphatic carbocycles. The van der Waals surface area contributed by atoms with Crippen molar-refractivity contribution in [2.75, 3.05) is 13.2 Å². The van der Waals surface area contributed by atoms with Crippen LogP contribution in [-0.2, 0) is 9.47 Å². The largest absolute Gasteiger partial charge is 0.346 e. The molecule has 0 N–H and O–H groups in total. The molecule has 2 aliphatic heterocycles. The quantitative estimate of drug-likeness (QED) is 0.555. The van der Waals surface area contributed by atoms with Crippen molar-refractivity contribution < 1.29 is 9.47 Å². The van der Waals surface area contributed by atoms with Gasteiger partial charge in [-0.05, 0) is 23.8 Å². The van der Waals surface area contributed by atoms with Crippen molar-refractivity contribution in [2.24, 2.45) is 11.3 Å². The minimum Gasteiger partial charge on any atom is -0.346 e. The van der Waals surface area contributed by atoms with Gasteiger partial charge in [0.1, 0.15) is 0 Å². The maximum Gasteiger partial charge on any atom is 0.188 e. The first-order valence-electron chi connectivity index (χ1n) is 5.47. The van der Waals surface area contributed by atoms with Crippen molar-refractivity contribution >= 4 is 0 Å². The van der Waals surface area contributed by atoms with Crippen molar-refractivity contribution in [1.29, 1.82) is 0 Å². The monoisotopic (exact) mass is 196 g/mol. The highest BCUT2D eigenvalue weighted by Crippen LogP contribution is 2.39. The fourth-order valence-corrected chi connectivity index (χ4v) is 2.17. The molecule has 1 saturated heterocycles. The highest BCUT2D eigenvalue weighted by molar-refractivity contribution is 5.04. The summed E-state index contributed by atoms with van der Waals surface area (Å²) in [6, 6.07) is 0. The molecule has 0 bridgehead atoms. The van der Waals surface area contributed by atoms with Crippen molar-refractivity contribution in [2.45, 2.75) is 39.4 Å².